The summed E-state index contributed by atoms with van der Waals surface area (Å²) in [6.07, 6.45) is -0.292. The molecule has 0 aromatic heterocycles. The van der Waals surface area contributed by atoms with Crippen molar-refractivity contribution in [2.75, 3.05) is 5.33 Å². The molecule has 0 amide bonds. The van der Waals surface area contributed by atoms with E-state index in [1.54, 1.807) is 12.1 Å². The normalized spacial score (nSPS) is 22.5. The van der Waals surface area contributed by atoms with Gasteiger partial charge in [0, 0.05) is 5.33 Å². The quantitative estimate of drug-likeness (QED) is 0.790. The van der Waals surface area contributed by atoms with Crippen LogP contribution in [0.1, 0.15) is 24.8 Å². The Morgan fingerprint density at radius 1 is 1.18 bits per heavy atom. The van der Waals surface area contributed by atoms with Crippen LogP contribution in [-0.2, 0) is 5.41 Å². The molecular weight excluding hydrogens is 294 g/mol. The van der Waals surface area contributed by atoms with E-state index in [1.807, 2.05) is 6.07 Å². The van der Waals surface area contributed by atoms with Crippen molar-refractivity contribution in [3.05, 3.63) is 23.8 Å². The summed E-state index contributed by atoms with van der Waals surface area (Å²) in [5.74, 6) is 0.265. The van der Waals surface area contributed by atoms with E-state index >= 15 is 0 Å². The minimum absolute atomic E-state index is 0.119. The van der Waals surface area contributed by atoms with E-state index in [9.17, 15) is 8.78 Å². The summed E-state index contributed by atoms with van der Waals surface area (Å²) in [5, 5.41) is 0.914. The molecule has 1 aromatic carbocycles. The number of hydrogen-bond acceptors (Lipinski definition) is 2. The number of halogens is 3. The molecule has 1 saturated carbocycles. The lowest BCUT2D eigenvalue weighted by Crippen LogP contribution is -2.25. The Kier molecular flexibility index (Phi) is 2.37. The molecule has 2 nitrogen and oxygen atoms in total. The smallest absolute Gasteiger partial charge is 0.395 e. The van der Waals surface area contributed by atoms with Gasteiger partial charge in [0.1, 0.15) is 0 Å². The predicted octanol–water partition coefficient (Wildman–Crippen LogP) is 3.82. The molecule has 1 aliphatic heterocycles. The molecular formula is C12H11BrF2O2. The Labute approximate surface area is 106 Å². The van der Waals surface area contributed by atoms with Crippen LogP contribution in [0.3, 0.4) is 0 Å². The van der Waals surface area contributed by atoms with Gasteiger partial charge in [-0.3, -0.25) is 0 Å². The molecule has 0 radical (unpaired) electrons. The van der Waals surface area contributed by atoms with Crippen molar-refractivity contribution in [3.63, 3.8) is 0 Å². The van der Waals surface area contributed by atoms with Crippen molar-refractivity contribution >= 4 is 15.9 Å². The SMILES string of the molecule is FC1(F)Oc2ccc(C3(CCBr)CC3)cc2O1. The Bertz CT molecular complexity index is 458. The van der Waals surface area contributed by atoms with Gasteiger partial charge in [-0.15, -0.1) is 8.78 Å². The van der Waals surface area contributed by atoms with Gasteiger partial charge in [0.05, 0.1) is 0 Å². The van der Waals surface area contributed by atoms with Gasteiger partial charge in [-0.05, 0) is 42.4 Å². The molecule has 0 atom stereocenters. The molecule has 0 saturated heterocycles. The fraction of sp³-hybridized carbons (Fsp3) is 0.500. The van der Waals surface area contributed by atoms with Crippen LogP contribution in [0.15, 0.2) is 18.2 Å². The maximum Gasteiger partial charge on any atom is 0.586 e. The summed E-state index contributed by atoms with van der Waals surface area (Å²) >= 11 is 3.43. The highest BCUT2D eigenvalue weighted by Gasteiger charge is 2.47. The molecule has 2 aliphatic rings. The Morgan fingerprint density at radius 2 is 1.88 bits per heavy atom. The van der Waals surface area contributed by atoms with E-state index in [2.05, 4.69) is 25.4 Å². The number of fused-ring (bicyclic) bond motifs is 1. The number of benzene rings is 1. The Hall–Kier alpha value is -0.840. The summed E-state index contributed by atoms with van der Waals surface area (Å²) < 4.78 is 34.6. The fourth-order valence-corrected chi connectivity index (χ4v) is 3.05. The second-order valence-corrected chi connectivity index (χ2v) is 5.34. The van der Waals surface area contributed by atoms with E-state index in [4.69, 9.17) is 0 Å². The molecule has 0 spiro atoms. The van der Waals surface area contributed by atoms with Crippen LogP contribution in [-0.4, -0.2) is 11.6 Å². The average Bonchev–Trinajstić information content (AvgIpc) is 2.94. The van der Waals surface area contributed by atoms with Crippen LogP contribution in [0.25, 0.3) is 0 Å². The zero-order valence-electron chi connectivity index (χ0n) is 9.01. The van der Waals surface area contributed by atoms with Crippen molar-refractivity contribution in [1.29, 1.82) is 0 Å². The molecule has 92 valence electrons. The van der Waals surface area contributed by atoms with Crippen molar-refractivity contribution < 1.29 is 18.3 Å². The zero-order valence-corrected chi connectivity index (χ0v) is 10.6. The summed E-state index contributed by atoms with van der Waals surface area (Å²) in [6, 6.07) is 5.12. The monoisotopic (exact) mass is 304 g/mol. The third-order valence-electron chi connectivity index (χ3n) is 3.44. The van der Waals surface area contributed by atoms with E-state index < -0.39 is 6.29 Å². The zero-order chi connectivity index (χ0) is 12.1. The molecule has 3 rings (SSSR count). The number of rotatable bonds is 3. The van der Waals surface area contributed by atoms with Crippen LogP contribution >= 0.6 is 15.9 Å². The van der Waals surface area contributed by atoms with Gasteiger partial charge in [0.25, 0.3) is 0 Å². The van der Waals surface area contributed by atoms with Crippen molar-refractivity contribution in [2.45, 2.75) is 31.0 Å². The van der Waals surface area contributed by atoms with E-state index in [0.717, 1.165) is 30.2 Å². The minimum Gasteiger partial charge on any atom is -0.395 e. The topological polar surface area (TPSA) is 18.5 Å². The second-order valence-electron chi connectivity index (χ2n) is 4.55. The Morgan fingerprint density at radius 3 is 2.53 bits per heavy atom. The van der Waals surface area contributed by atoms with Gasteiger partial charge in [-0.25, -0.2) is 0 Å². The lowest BCUT2D eigenvalue weighted by Gasteiger charge is -2.14. The van der Waals surface area contributed by atoms with Crippen LogP contribution in [0.2, 0.25) is 0 Å². The molecule has 0 bridgehead atoms. The second kappa shape index (κ2) is 3.57. The highest BCUT2D eigenvalue weighted by molar-refractivity contribution is 9.09. The van der Waals surface area contributed by atoms with Crippen molar-refractivity contribution in [2.24, 2.45) is 0 Å². The first kappa shape index (κ1) is 11.3. The molecule has 1 aliphatic carbocycles. The molecule has 1 aromatic rings. The molecule has 0 unspecified atom stereocenters. The van der Waals surface area contributed by atoms with E-state index in [1.165, 1.54) is 0 Å². The molecule has 17 heavy (non-hydrogen) atoms. The van der Waals surface area contributed by atoms with Gasteiger partial charge >= 0.3 is 6.29 Å². The first-order valence-corrected chi connectivity index (χ1v) is 6.63. The van der Waals surface area contributed by atoms with Crippen molar-refractivity contribution in [1.82, 2.24) is 0 Å². The highest BCUT2D eigenvalue weighted by atomic mass is 79.9. The van der Waals surface area contributed by atoms with E-state index in [-0.39, 0.29) is 16.9 Å². The molecule has 1 heterocycles. The van der Waals surface area contributed by atoms with Gasteiger partial charge in [0.15, 0.2) is 11.5 Å². The fourth-order valence-electron chi connectivity index (χ4n) is 2.29. The Balaban J connectivity index is 1.91. The number of alkyl halides is 3. The molecule has 5 heteroatoms. The highest BCUT2D eigenvalue weighted by Crippen LogP contribution is 2.53. The maximum absolute atomic E-state index is 12.9. The van der Waals surface area contributed by atoms with Crippen LogP contribution < -0.4 is 9.47 Å². The van der Waals surface area contributed by atoms with E-state index in [0.29, 0.717) is 0 Å². The maximum atomic E-state index is 12.9. The summed E-state index contributed by atoms with van der Waals surface area (Å²) in [7, 11) is 0. The van der Waals surface area contributed by atoms with Gasteiger partial charge in [-0.1, -0.05) is 22.0 Å². The summed E-state index contributed by atoms with van der Waals surface area (Å²) in [6.45, 7) is 0. The molecule has 0 N–H and O–H groups in total. The van der Waals surface area contributed by atoms with Gasteiger partial charge in [0.2, 0.25) is 0 Å². The van der Waals surface area contributed by atoms with Crippen molar-refractivity contribution in [3.8, 4) is 11.5 Å². The third-order valence-corrected chi connectivity index (χ3v) is 3.84. The average molecular weight is 305 g/mol. The predicted molar refractivity (Wildman–Crippen MR) is 62.0 cm³/mol. The number of hydrogen-bond donors (Lipinski definition) is 0. The minimum atomic E-state index is -3.52. The summed E-state index contributed by atoms with van der Waals surface area (Å²) in [5.41, 5.74) is 1.22. The lowest BCUT2D eigenvalue weighted by atomic mass is 9.93. The first-order chi connectivity index (χ1) is 8.05. The van der Waals surface area contributed by atoms with Crippen LogP contribution in [0.4, 0.5) is 8.78 Å². The third kappa shape index (κ3) is 1.90. The van der Waals surface area contributed by atoms with Gasteiger partial charge in [-0.2, -0.15) is 0 Å². The van der Waals surface area contributed by atoms with Crippen LogP contribution in [0, 0.1) is 0 Å². The standard InChI is InChI=1S/C12H11BrF2O2/c13-6-5-11(3-4-11)8-1-2-9-10(7-8)17-12(14,15)16-9/h1-2,7H,3-6H2. The van der Waals surface area contributed by atoms with Crippen LogP contribution in [0.5, 0.6) is 11.5 Å². The largest absolute Gasteiger partial charge is 0.586 e. The van der Waals surface area contributed by atoms with Gasteiger partial charge < -0.3 is 9.47 Å². The number of ether oxygens (including phenoxy) is 2. The first-order valence-electron chi connectivity index (χ1n) is 5.51. The molecule has 1 fully saturated rings. The lowest BCUT2D eigenvalue weighted by molar-refractivity contribution is -0.286. The summed E-state index contributed by atoms with van der Waals surface area (Å²) in [4.78, 5) is 0.